The third kappa shape index (κ3) is 2.32. The number of nitrogens with one attached hydrogen (secondary N) is 1. The van der Waals surface area contributed by atoms with E-state index in [-0.39, 0.29) is 0 Å². The Morgan fingerprint density at radius 2 is 2.19 bits per heavy atom. The predicted octanol–water partition coefficient (Wildman–Crippen LogP) is 2.69. The van der Waals surface area contributed by atoms with Crippen molar-refractivity contribution >= 4 is 23.4 Å². The minimum absolute atomic E-state index is 0.339. The lowest BCUT2D eigenvalue weighted by Crippen LogP contribution is -2.18. The Hall–Kier alpha value is -1.16. The van der Waals surface area contributed by atoms with Gasteiger partial charge in [-0.25, -0.2) is 4.79 Å². The van der Waals surface area contributed by atoms with E-state index in [4.69, 9.17) is 5.11 Å². The van der Waals surface area contributed by atoms with Crippen molar-refractivity contribution in [2.45, 2.75) is 17.6 Å². The van der Waals surface area contributed by atoms with Crippen LogP contribution in [0.15, 0.2) is 24.3 Å². The van der Waals surface area contributed by atoms with Gasteiger partial charge in [-0.15, -0.1) is 0 Å². The van der Waals surface area contributed by atoms with Crippen LogP contribution in [0, 0.1) is 0 Å². The maximum Gasteiger partial charge on any atom is 0.337 e. The smallest absolute Gasteiger partial charge is 0.337 e. The number of hydrogen-bond donors (Lipinski definition) is 2. The van der Waals surface area contributed by atoms with Gasteiger partial charge in [-0.2, -0.15) is 11.8 Å². The van der Waals surface area contributed by atoms with Crippen molar-refractivity contribution in [2.75, 3.05) is 18.1 Å². The van der Waals surface area contributed by atoms with Crippen LogP contribution in [0.2, 0.25) is 0 Å². The highest BCUT2D eigenvalue weighted by Gasteiger charge is 2.41. The van der Waals surface area contributed by atoms with Gasteiger partial charge in [0.15, 0.2) is 0 Å². The van der Waals surface area contributed by atoms with Gasteiger partial charge >= 0.3 is 5.97 Å². The Morgan fingerprint density at radius 3 is 2.75 bits per heavy atom. The van der Waals surface area contributed by atoms with E-state index in [0.717, 1.165) is 12.2 Å². The molecule has 1 aliphatic rings. The second-order valence-electron chi connectivity index (χ2n) is 4.09. The molecule has 3 nitrogen and oxygen atoms in total. The van der Waals surface area contributed by atoms with E-state index in [1.807, 2.05) is 23.9 Å². The van der Waals surface area contributed by atoms with Gasteiger partial charge in [-0.1, -0.05) is 12.1 Å². The van der Waals surface area contributed by atoms with Crippen molar-refractivity contribution in [3.8, 4) is 0 Å². The maximum absolute atomic E-state index is 11.0. The lowest BCUT2D eigenvalue weighted by molar-refractivity contribution is 0.0698. The van der Waals surface area contributed by atoms with Crippen LogP contribution in [0.5, 0.6) is 0 Å². The first-order chi connectivity index (χ1) is 7.67. The summed E-state index contributed by atoms with van der Waals surface area (Å²) in [4.78, 5) is 11.0. The molecule has 1 aromatic rings. The number of hydrogen-bond acceptors (Lipinski definition) is 3. The number of carboxylic acids is 1. The molecule has 4 heteroatoms. The van der Waals surface area contributed by atoms with Gasteiger partial charge in [0, 0.05) is 17.0 Å². The van der Waals surface area contributed by atoms with E-state index >= 15 is 0 Å². The molecule has 2 N–H and O–H groups in total. The highest BCUT2D eigenvalue weighted by Crippen LogP contribution is 2.47. The first kappa shape index (κ1) is 11.3. The van der Waals surface area contributed by atoms with Crippen LogP contribution < -0.4 is 5.32 Å². The van der Waals surface area contributed by atoms with Crippen molar-refractivity contribution < 1.29 is 9.90 Å². The number of carboxylic acid groups (broad SMARTS) is 1. The summed E-state index contributed by atoms with van der Waals surface area (Å²) in [6.07, 6.45) is 4.55. The zero-order valence-electron chi connectivity index (χ0n) is 9.19. The molecule has 0 amide bonds. The molecule has 86 valence electrons. The number of aromatic carboxylic acids is 1. The lowest BCUT2D eigenvalue weighted by Gasteiger charge is -2.15. The maximum atomic E-state index is 11.0. The zero-order valence-corrected chi connectivity index (χ0v) is 10.0. The quantitative estimate of drug-likeness (QED) is 0.826. The van der Waals surface area contributed by atoms with Crippen molar-refractivity contribution in [3.63, 3.8) is 0 Å². The third-order valence-electron chi connectivity index (χ3n) is 3.00. The highest BCUT2D eigenvalue weighted by atomic mass is 32.2. The minimum Gasteiger partial charge on any atom is -0.478 e. The third-order valence-corrected chi connectivity index (χ3v) is 4.42. The van der Waals surface area contributed by atoms with Crippen molar-refractivity contribution in [3.05, 3.63) is 29.8 Å². The zero-order chi connectivity index (χ0) is 11.6. The number of thioether (sulfide) groups is 1. The van der Waals surface area contributed by atoms with E-state index in [1.165, 1.54) is 12.8 Å². The SMILES string of the molecule is CSC1(CNc2ccccc2C(=O)O)CC1. The first-order valence-electron chi connectivity index (χ1n) is 5.28. The second kappa shape index (κ2) is 4.37. The molecule has 0 aliphatic heterocycles. The molecule has 2 rings (SSSR count). The van der Waals surface area contributed by atoms with Crippen LogP contribution in [0.4, 0.5) is 5.69 Å². The summed E-state index contributed by atoms with van der Waals surface area (Å²) >= 11 is 1.86. The summed E-state index contributed by atoms with van der Waals surface area (Å²) in [5.74, 6) is -0.878. The molecule has 0 atom stereocenters. The first-order valence-corrected chi connectivity index (χ1v) is 6.51. The van der Waals surface area contributed by atoms with Crippen LogP contribution in [0.3, 0.4) is 0 Å². The normalized spacial score (nSPS) is 16.8. The Balaban J connectivity index is 2.06. The molecule has 0 bridgehead atoms. The summed E-state index contributed by atoms with van der Waals surface area (Å²) < 4.78 is 0.339. The molecule has 0 heterocycles. The van der Waals surface area contributed by atoms with E-state index in [1.54, 1.807) is 12.1 Å². The standard InChI is InChI=1S/C12H15NO2S/c1-16-12(6-7-12)8-13-10-5-3-2-4-9(10)11(14)15/h2-5,13H,6-8H2,1H3,(H,14,15). The van der Waals surface area contributed by atoms with Gasteiger partial charge in [0.2, 0.25) is 0 Å². The second-order valence-corrected chi connectivity index (χ2v) is 5.37. The largest absolute Gasteiger partial charge is 0.478 e. The number of carbonyl (C=O) groups is 1. The van der Waals surface area contributed by atoms with Gasteiger partial charge in [-0.05, 0) is 31.2 Å². The Bertz CT molecular complexity index is 402. The number of rotatable bonds is 5. The average Bonchev–Trinajstić information content (AvgIpc) is 3.07. The van der Waals surface area contributed by atoms with Crippen molar-refractivity contribution in [2.24, 2.45) is 0 Å². The fourth-order valence-electron chi connectivity index (χ4n) is 1.67. The summed E-state index contributed by atoms with van der Waals surface area (Å²) in [7, 11) is 0. The topological polar surface area (TPSA) is 49.3 Å². The highest BCUT2D eigenvalue weighted by molar-refractivity contribution is 8.00. The fourth-order valence-corrected chi connectivity index (χ4v) is 2.40. The fraction of sp³-hybridized carbons (Fsp3) is 0.417. The Morgan fingerprint density at radius 1 is 1.50 bits per heavy atom. The predicted molar refractivity (Wildman–Crippen MR) is 67.4 cm³/mol. The molecule has 0 radical (unpaired) electrons. The molecule has 1 fully saturated rings. The van der Waals surface area contributed by atoms with E-state index < -0.39 is 5.97 Å². The van der Waals surface area contributed by atoms with E-state index in [2.05, 4.69) is 11.6 Å². The molecule has 0 unspecified atom stereocenters. The minimum atomic E-state index is -0.878. The molecule has 1 saturated carbocycles. The summed E-state index contributed by atoms with van der Waals surface area (Å²) in [6, 6.07) is 7.05. The van der Waals surface area contributed by atoms with Gasteiger partial charge in [-0.3, -0.25) is 0 Å². The van der Waals surface area contributed by atoms with Crippen LogP contribution >= 0.6 is 11.8 Å². The van der Waals surface area contributed by atoms with E-state index in [0.29, 0.717) is 10.3 Å². The van der Waals surface area contributed by atoms with Crippen LogP contribution in [-0.4, -0.2) is 28.6 Å². The molecule has 1 aliphatic carbocycles. The Kier molecular flexibility index (Phi) is 3.10. The number of benzene rings is 1. The molecular weight excluding hydrogens is 222 g/mol. The molecule has 0 spiro atoms. The van der Waals surface area contributed by atoms with Crippen molar-refractivity contribution in [1.82, 2.24) is 0 Å². The summed E-state index contributed by atoms with van der Waals surface area (Å²) in [6.45, 7) is 0.846. The number of para-hydroxylation sites is 1. The molecule has 0 aromatic heterocycles. The Labute approximate surface area is 99.2 Å². The molecular formula is C12H15NO2S. The van der Waals surface area contributed by atoms with Crippen LogP contribution in [-0.2, 0) is 0 Å². The average molecular weight is 237 g/mol. The molecule has 1 aromatic carbocycles. The lowest BCUT2D eigenvalue weighted by atomic mass is 10.2. The van der Waals surface area contributed by atoms with E-state index in [9.17, 15) is 4.79 Å². The number of anilines is 1. The van der Waals surface area contributed by atoms with Crippen LogP contribution in [0.1, 0.15) is 23.2 Å². The van der Waals surface area contributed by atoms with Gasteiger partial charge in [0.1, 0.15) is 0 Å². The molecule has 0 saturated heterocycles. The summed E-state index contributed by atoms with van der Waals surface area (Å²) in [5.41, 5.74) is 1.06. The summed E-state index contributed by atoms with van der Waals surface area (Å²) in [5, 5.41) is 12.3. The van der Waals surface area contributed by atoms with Crippen molar-refractivity contribution in [1.29, 1.82) is 0 Å². The van der Waals surface area contributed by atoms with Gasteiger partial charge < -0.3 is 10.4 Å². The molecule has 16 heavy (non-hydrogen) atoms. The van der Waals surface area contributed by atoms with Gasteiger partial charge in [0.25, 0.3) is 0 Å². The van der Waals surface area contributed by atoms with Crippen LogP contribution in [0.25, 0.3) is 0 Å². The monoisotopic (exact) mass is 237 g/mol. The van der Waals surface area contributed by atoms with Gasteiger partial charge in [0.05, 0.1) is 5.56 Å².